The Labute approximate surface area is 221 Å². The minimum Gasteiger partial charge on any atom is -0.368 e. The van der Waals surface area contributed by atoms with E-state index in [-0.39, 0.29) is 11.8 Å². The van der Waals surface area contributed by atoms with Crippen LogP contribution in [0.4, 0.5) is 5.69 Å². The number of fused-ring (bicyclic) bond motifs is 2. The van der Waals surface area contributed by atoms with Gasteiger partial charge in [-0.05, 0) is 42.0 Å². The molecule has 6 nitrogen and oxygen atoms in total. The van der Waals surface area contributed by atoms with Crippen molar-refractivity contribution in [2.45, 2.75) is 12.0 Å². The van der Waals surface area contributed by atoms with Gasteiger partial charge in [-0.2, -0.15) is 0 Å². The van der Waals surface area contributed by atoms with Crippen LogP contribution in [0.5, 0.6) is 0 Å². The molecule has 2 amide bonds. The average molecular weight is 513 g/mol. The summed E-state index contributed by atoms with van der Waals surface area (Å²) in [4.78, 5) is 33.8. The van der Waals surface area contributed by atoms with Crippen molar-refractivity contribution in [3.05, 3.63) is 101 Å². The molecule has 2 aliphatic heterocycles. The van der Waals surface area contributed by atoms with Crippen molar-refractivity contribution in [3.8, 4) is 0 Å². The lowest BCUT2D eigenvalue weighted by atomic mass is 9.79. The van der Waals surface area contributed by atoms with E-state index in [2.05, 4.69) is 27.8 Å². The lowest BCUT2D eigenvalue weighted by Gasteiger charge is -2.43. The first-order valence-electron chi connectivity index (χ1n) is 12.6. The number of rotatable bonds is 3. The number of para-hydroxylation sites is 1. The third-order valence-electron chi connectivity index (χ3n) is 7.88. The van der Waals surface area contributed by atoms with Crippen LogP contribution < -0.4 is 4.90 Å². The number of halogens is 1. The molecular formula is C30H29ClN4O2. The van der Waals surface area contributed by atoms with E-state index in [1.165, 1.54) is 0 Å². The van der Waals surface area contributed by atoms with E-state index in [9.17, 15) is 9.59 Å². The standard InChI is InChI=1S/C30H29ClN4O2/c1-32-19-25(22-7-5-6-10-26(22)32)28-27(23-8-3-4-9-24(23)29(36)33(28)2)30(37)35-17-15-34(16-18-35)21-13-11-20(31)12-14-21/h3-14,19,27-28H,15-18H2,1-2H3/t27-,28-/m1/s1. The molecule has 188 valence electrons. The summed E-state index contributed by atoms with van der Waals surface area (Å²) in [5.41, 5.74) is 4.62. The lowest BCUT2D eigenvalue weighted by molar-refractivity contribution is -0.134. The molecule has 4 aromatic rings. The van der Waals surface area contributed by atoms with Gasteiger partial charge in [0.1, 0.15) is 0 Å². The predicted octanol–water partition coefficient (Wildman–Crippen LogP) is 5.09. The second kappa shape index (κ2) is 9.27. The largest absolute Gasteiger partial charge is 0.368 e. The third-order valence-corrected chi connectivity index (χ3v) is 8.13. The number of anilines is 1. The highest BCUT2D eigenvalue weighted by Gasteiger charge is 2.45. The van der Waals surface area contributed by atoms with Gasteiger partial charge in [-0.1, -0.05) is 48.0 Å². The zero-order chi connectivity index (χ0) is 25.7. The number of hydrogen-bond donors (Lipinski definition) is 0. The normalized spacial score (nSPS) is 19.9. The quantitative estimate of drug-likeness (QED) is 0.384. The maximum Gasteiger partial charge on any atom is 0.254 e. The molecule has 1 fully saturated rings. The second-order valence-electron chi connectivity index (χ2n) is 9.93. The van der Waals surface area contributed by atoms with Gasteiger partial charge in [0.05, 0.1) is 12.0 Å². The Bertz CT molecular complexity index is 1490. The van der Waals surface area contributed by atoms with E-state index < -0.39 is 12.0 Å². The van der Waals surface area contributed by atoms with Gasteiger partial charge >= 0.3 is 0 Å². The van der Waals surface area contributed by atoms with Crippen molar-refractivity contribution < 1.29 is 9.59 Å². The molecule has 0 saturated carbocycles. The molecule has 3 heterocycles. The van der Waals surface area contributed by atoms with Crippen LogP contribution in [0.15, 0.2) is 79.0 Å². The molecule has 2 atom stereocenters. The molecule has 0 spiro atoms. The molecule has 3 aromatic carbocycles. The summed E-state index contributed by atoms with van der Waals surface area (Å²) in [7, 11) is 3.83. The van der Waals surface area contributed by atoms with Crippen molar-refractivity contribution in [3.63, 3.8) is 0 Å². The van der Waals surface area contributed by atoms with Gasteiger partial charge in [-0.15, -0.1) is 0 Å². The molecule has 0 unspecified atom stereocenters. The first-order chi connectivity index (χ1) is 17.9. The number of carbonyl (C=O) groups is 2. The van der Waals surface area contributed by atoms with Crippen LogP contribution in [0.1, 0.15) is 33.4 Å². The SMILES string of the molecule is CN1C(=O)c2ccccc2[C@@H](C(=O)N2CCN(c3ccc(Cl)cc3)CC2)[C@H]1c1cn(C)c2ccccc12. The van der Waals surface area contributed by atoms with Crippen molar-refractivity contribution in [1.29, 1.82) is 0 Å². The Kier molecular flexibility index (Phi) is 5.92. The molecule has 37 heavy (non-hydrogen) atoms. The van der Waals surface area contributed by atoms with Crippen molar-refractivity contribution >= 4 is 40.0 Å². The number of aryl methyl sites for hydroxylation is 1. The van der Waals surface area contributed by atoms with Crippen LogP contribution >= 0.6 is 11.6 Å². The second-order valence-corrected chi connectivity index (χ2v) is 10.4. The molecule has 0 radical (unpaired) electrons. The number of amides is 2. The summed E-state index contributed by atoms with van der Waals surface area (Å²) in [5.74, 6) is -0.461. The monoisotopic (exact) mass is 512 g/mol. The highest BCUT2D eigenvalue weighted by atomic mass is 35.5. The first-order valence-corrected chi connectivity index (χ1v) is 13.0. The van der Waals surface area contributed by atoms with Crippen LogP contribution in [-0.4, -0.2) is 59.4 Å². The van der Waals surface area contributed by atoms with Gasteiger partial charge in [0.25, 0.3) is 5.91 Å². The zero-order valence-corrected chi connectivity index (χ0v) is 21.7. The summed E-state index contributed by atoms with van der Waals surface area (Å²) in [6.07, 6.45) is 2.08. The van der Waals surface area contributed by atoms with Gasteiger partial charge in [-0.25, -0.2) is 0 Å². The minimum atomic E-state index is -0.480. The van der Waals surface area contributed by atoms with E-state index in [1.54, 1.807) is 4.90 Å². The van der Waals surface area contributed by atoms with Gasteiger partial charge in [0, 0.05) is 79.2 Å². The number of benzene rings is 3. The summed E-state index contributed by atoms with van der Waals surface area (Å²) < 4.78 is 2.08. The smallest absolute Gasteiger partial charge is 0.254 e. The molecule has 2 aliphatic rings. The molecule has 7 heteroatoms. The molecule has 0 N–H and O–H groups in total. The molecule has 0 bridgehead atoms. The fourth-order valence-electron chi connectivity index (χ4n) is 5.97. The number of hydrogen-bond acceptors (Lipinski definition) is 3. The van der Waals surface area contributed by atoms with Gasteiger partial charge in [0.2, 0.25) is 5.91 Å². The van der Waals surface area contributed by atoms with Crippen LogP contribution in [0.2, 0.25) is 5.02 Å². The number of carbonyl (C=O) groups excluding carboxylic acids is 2. The third kappa shape index (κ3) is 3.96. The lowest BCUT2D eigenvalue weighted by Crippen LogP contribution is -2.53. The number of piperazine rings is 1. The highest BCUT2D eigenvalue weighted by molar-refractivity contribution is 6.30. The van der Waals surface area contributed by atoms with Crippen molar-refractivity contribution in [2.75, 3.05) is 38.1 Å². The zero-order valence-electron chi connectivity index (χ0n) is 21.0. The van der Waals surface area contributed by atoms with Gasteiger partial charge < -0.3 is 19.3 Å². The van der Waals surface area contributed by atoms with E-state index in [1.807, 2.05) is 79.7 Å². The van der Waals surface area contributed by atoms with Crippen molar-refractivity contribution in [1.82, 2.24) is 14.4 Å². The maximum atomic E-state index is 14.3. The molecular weight excluding hydrogens is 484 g/mol. The molecule has 1 saturated heterocycles. The number of aromatic nitrogens is 1. The topological polar surface area (TPSA) is 48.8 Å². The van der Waals surface area contributed by atoms with Crippen LogP contribution in [0.25, 0.3) is 10.9 Å². The maximum absolute atomic E-state index is 14.3. The Morgan fingerprint density at radius 1 is 0.838 bits per heavy atom. The van der Waals surface area contributed by atoms with Gasteiger partial charge in [-0.3, -0.25) is 9.59 Å². The van der Waals surface area contributed by atoms with Crippen LogP contribution in [0.3, 0.4) is 0 Å². The van der Waals surface area contributed by atoms with E-state index in [0.29, 0.717) is 23.7 Å². The summed E-state index contributed by atoms with van der Waals surface area (Å²) in [5, 5.41) is 1.78. The fraction of sp³-hybridized carbons (Fsp3) is 0.267. The Hall–Kier alpha value is -3.77. The number of likely N-dealkylation sites (N-methyl/N-ethyl adjacent to an activating group) is 1. The fourth-order valence-corrected chi connectivity index (χ4v) is 6.10. The predicted molar refractivity (Wildman–Crippen MR) is 147 cm³/mol. The first kappa shape index (κ1) is 23.6. The average Bonchev–Trinajstić information content (AvgIpc) is 3.27. The Morgan fingerprint density at radius 2 is 1.51 bits per heavy atom. The van der Waals surface area contributed by atoms with E-state index in [0.717, 1.165) is 40.8 Å². The molecule has 6 rings (SSSR count). The summed E-state index contributed by atoms with van der Waals surface area (Å²) in [6.45, 7) is 2.74. The summed E-state index contributed by atoms with van der Waals surface area (Å²) >= 11 is 6.07. The van der Waals surface area contributed by atoms with Crippen LogP contribution in [0, 0.1) is 0 Å². The Balaban J connectivity index is 1.37. The molecule has 1 aromatic heterocycles. The van der Waals surface area contributed by atoms with Crippen molar-refractivity contribution in [2.24, 2.45) is 7.05 Å². The van der Waals surface area contributed by atoms with E-state index >= 15 is 0 Å². The molecule has 0 aliphatic carbocycles. The van der Waals surface area contributed by atoms with Gasteiger partial charge in [0.15, 0.2) is 0 Å². The van der Waals surface area contributed by atoms with Crippen LogP contribution in [-0.2, 0) is 11.8 Å². The Morgan fingerprint density at radius 3 is 2.27 bits per heavy atom. The summed E-state index contributed by atoms with van der Waals surface area (Å²) in [6, 6.07) is 23.2. The minimum absolute atomic E-state index is 0.0508. The van der Waals surface area contributed by atoms with E-state index in [4.69, 9.17) is 11.6 Å². The number of nitrogens with zero attached hydrogens (tertiary/aromatic N) is 4. The highest BCUT2D eigenvalue weighted by Crippen LogP contribution is 2.45.